The summed E-state index contributed by atoms with van der Waals surface area (Å²) in [6, 6.07) is 0. The highest BCUT2D eigenvalue weighted by Crippen LogP contribution is 2.22. The van der Waals surface area contributed by atoms with E-state index in [4.69, 9.17) is 9.47 Å². The SMILES string of the molecule is CCCCCCCCCCC(COC(=O)C(CCCCCCC)CCCCCCCCC)OC(=O)C(C)CCN(C)C. The Bertz CT molecular complexity index is 609. The van der Waals surface area contributed by atoms with Gasteiger partial charge in [0.15, 0.2) is 0 Å². The third-order valence-corrected chi connectivity index (χ3v) is 8.63. The van der Waals surface area contributed by atoms with Crippen molar-refractivity contribution in [1.29, 1.82) is 0 Å². The number of ether oxygens (including phenoxy) is 2. The van der Waals surface area contributed by atoms with Crippen molar-refractivity contribution in [1.82, 2.24) is 4.90 Å². The predicted octanol–water partition coefficient (Wildman–Crippen LogP) is 10.7. The molecule has 0 heterocycles. The molecule has 0 amide bonds. The van der Waals surface area contributed by atoms with Crippen molar-refractivity contribution in [3.05, 3.63) is 0 Å². The average molecular weight is 596 g/mol. The molecule has 0 radical (unpaired) electrons. The van der Waals surface area contributed by atoms with Gasteiger partial charge < -0.3 is 14.4 Å². The van der Waals surface area contributed by atoms with Crippen LogP contribution >= 0.6 is 0 Å². The van der Waals surface area contributed by atoms with Crippen LogP contribution in [0, 0.1) is 11.8 Å². The first kappa shape index (κ1) is 40.9. The van der Waals surface area contributed by atoms with Gasteiger partial charge in [-0.25, -0.2) is 0 Å². The largest absolute Gasteiger partial charge is 0.462 e. The Morgan fingerprint density at radius 1 is 0.548 bits per heavy atom. The smallest absolute Gasteiger partial charge is 0.309 e. The van der Waals surface area contributed by atoms with E-state index < -0.39 is 0 Å². The van der Waals surface area contributed by atoms with Crippen LogP contribution in [0.25, 0.3) is 0 Å². The Hall–Kier alpha value is -1.10. The molecule has 3 atom stereocenters. The first-order chi connectivity index (χ1) is 20.3. The maximum absolute atomic E-state index is 13.3. The van der Waals surface area contributed by atoms with E-state index in [0.29, 0.717) is 0 Å². The highest BCUT2D eigenvalue weighted by Gasteiger charge is 2.24. The van der Waals surface area contributed by atoms with Gasteiger partial charge in [-0.05, 0) is 52.7 Å². The van der Waals surface area contributed by atoms with Gasteiger partial charge >= 0.3 is 11.9 Å². The van der Waals surface area contributed by atoms with Gasteiger partial charge in [-0.1, -0.05) is 150 Å². The summed E-state index contributed by atoms with van der Waals surface area (Å²) in [5.74, 6) is -0.416. The summed E-state index contributed by atoms with van der Waals surface area (Å²) in [5.41, 5.74) is 0. The zero-order valence-electron chi connectivity index (χ0n) is 29.2. The Kier molecular flexibility index (Phi) is 29.2. The topological polar surface area (TPSA) is 55.8 Å². The number of hydrogen-bond acceptors (Lipinski definition) is 5. The van der Waals surface area contributed by atoms with E-state index in [1.54, 1.807) is 0 Å². The molecule has 250 valence electrons. The molecule has 42 heavy (non-hydrogen) atoms. The third kappa shape index (κ3) is 25.4. The second-order valence-electron chi connectivity index (χ2n) is 13.3. The second kappa shape index (κ2) is 29.9. The quantitative estimate of drug-likeness (QED) is 0.0589. The minimum atomic E-state index is -0.341. The van der Waals surface area contributed by atoms with E-state index >= 15 is 0 Å². The van der Waals surface area contributed by atoms with Crippen LogP contribution in [-0.4, -0.2) is 50.2 Å². The van der Waals surface area contributed by atoms with E-state index in [1.807, 2.05) is 21.0 Å². The molecular formula is C37H73NO4. The normalized spacial score (nSPS) is 13.7. The highest BCUT2D eigenvalue weighted by atomic mass is 16.6. The molecule has 0 saturated carbocycles. The maximum Gasteiger partial charge on any atom is 0.309 e. The monoisotopic (exact) mass is 596 g/mol. The lowest BCUT2D eigenvalue weighted by atomic mass is 9.94. The standard InChI is InChI=1S/C37H73NO4/c1-7-10-13-16-18-20-23-26-29-35(42-36(39)33(4)30-31-38(5)6)32-41-37(40)34(27-24-21-15-12-9-3)28-25-22-19-17-14-11-8-2/h33-35H,7-32H2,1-6H3. The van der Waals surface area contributed by atoms with Crippen LogP contribution in [0.15, 0.2) is 0 Å². The molecule has 0 saturated heterocycles. The zero-order valence-corrected chi connectivity index (χ0v) is 29.2. The highest BCUT2D eigenvalue weighted by molar-refractivity contribution is 5.73. The molecule has 5 nitrogen and oxygen atoms in total. The number of carbonyl (C=O) groups excluding carboxylic acids is 2. The first-order valence-corrected chi connectivity index (χ1v) is 18.4. The van der Waals surface area contributed by atoms with E-state index in [0.717, 1.165) is 57.9 Å². The lowest BCUT2D eigenvalue weighted by Gasteiger charge is -2.23. The Morgan fingerprint density at radius 2 is 0.952 bits per heavy atom. The lowest BCUT2D eigenvalue weighted by Crippen LogP contribution is -2.30. The Labute approximate surface area is 262 Å². The molecule has 5 heteroatoms. The zero-order chi connectivity index (χ0) is 31.3. The molecule has 0 aromatic rings. The number of hydrogen-bond donors (Lipinski definition) is 0. The Morgan fingerprint density at radius 3 is 1.38 bits per heavy atom. The minimum Gasteiger partial charge on any atom is -0.462 e. The molecule has 0 rings (SSSR count). The molecule has 0 fully saturated rings. The fraction of sp³-hybridized carbons (Fsp3) is 0.946. The van der Waals surface area contributed by atoms with Crippen LogP contribution in [-0.2, 0) is 19.1 Å². The van der Waals surface area contributed by atoms with Crippen LogP contribution in [0.3, 0.4) is 0 Å². The third-order valence-electron chi connectivity index (χ3n) is 8.63. The van der Waals surface area contributed by atoms with Crippen LogP contribution in [0.2, 0.25) is 0 Å². The summed E-state index contributed by atoms with van der Waals surface area (Å²) in [5, 5.41) is 0. The van der Waals surface area contributed by atoms with Crippen LogP contribution in [0.5, 0.6) is 0 Å². The van der Waals surface area contributed by atoms with Gasteiger partial charge in [0.2, 0.25) is 0 Å². The van der Waals surface area contributed by atoms with Gasteiger partial charge in [-0.2, -0.15) is 0 Å². The molecule has 0 aromatic heterocycles. The molecule has 0 aliphatic rings. The summed E-state index contributed by atoms with van der Waals surface area (Å²) in [7, 11) is 4.05. The van der Waals surface area contributed by atoms with Crippen molar-refractivity contribution in [2.75, 3.05) is 27.2 Å². The van der Waals surface area contributed by atoms with Crippen LogP contribution < -0.4 is 0 Å². The summed E-state index contributed by atoms with van der Waals surface area (Å²) >= 11 is 0. The lowest BCUT2D eigenvalue weighted by molar-refractivity contribution is -0.164. The van der Waals surface area contributed by atoms with E-state index in [1.165, 1.54) is 103 Å². The molecule has 0 aromatic carbocycles. The van der Waals surface area contributed by atoms with Crippen molar-refractivity contribution in [2.24, 2.45) is 11.8 Å². The van der Waals surface area contributed by atoms with E-state index in [-0.39, 0.29) is 36.5 Å². The van der Waals surface area contributed by atoms with Gasteiger partial charge in [0.05, 0.1) is 11.8 Å². The van der Waals surface area contributed by atoms with Gasteiger partial charge in [-0.15, -0.1) is 0 Å². The fourth-order valence-electron chi connectivity index (χ4n) is 5.55. The molecule has 0 spiro atoms. The van der Waals surface area contributed by atoms with Gasteiger partial charge in [-0.3, -0.25) is 9.59 Å². The first-order valence-electron chi connectivity index (χ1n) is 18.4. The summed E-state index contributed by atoms with van der Waals surface area (Å²) in [6.07, 6.45) is 27.8. The van der Waals surface area contributed by atoms with Crippen LogP contribution in [0.1, 0.15) is 182 Å². The number of esters is 2. The summed E-state index contributed by atoms with van der Waals surface area (Å²) in [6.45, 7) is 9.74. The van der Waals surface area contributed by atoms with Crippen LogP contribution in [0.4, 0.5) is 0 Å². The minimum absolute atomic E-state index is 0.0271. The summed E-state index contributed by atoms with van der Waals surface area (Å²) in [4.78, 5) is 28.3. The van der Waals surface area contributed by atoms with Gasteiger partial charge in [0.1, 0.15) is 12.7 Å². The van der Waals surface area contributed by atoms with Crippen molar-refractivity contribution >= 4 is 11.9 Å². The number of carbonyl (C=O) groups is 2. The predicted molar refractivity (Wildman–Crippen MR) is 180 cm³/mol. The van der Waals surface area contributed by atoms with Crippen molar-refractivity contribution in [2.45, 2.75) is 188 Å². The van der Waals surface area contributed by atoms with E-state index in [9.17, 15) is 9.59 Å². The maximum atomic E-state index is 13.3. The Balaban J connectivity index is 4.93. The van der Waals surface area contributed by atoms with Crippen molar-refractivity contribution < 1.29 is 19.1 Å². The van der Waals surface area contributed by atoms with E-state index in [2.05, 4.69) is 25.7 Å². The molecule has 0 aliphatic carbocycles. The number of unbranched alkanes of at least 4 members (excludes halogenated alkanes) is 17. The average Bonchev–Trinajstić information content (AvgIpc) is 2.97. The van der Waals surface area contributed by atoms with Crippen molar-refractivity contribution in [3.63, 3.8) is 0 Å². The number of rotatable bonds is 31. The van der Waals surface area contributed by atoms with Crippen molar-refractivity contribution in [3.8, 4) is 0 Å². The second-order valence-corrected chi connectivity index (χ2v) is 13.3. The fourth-order valence-corrected chi connectivity index (χ4v) is 5.55. The van der Waals surface area contributed by atoms with Gasteiger partial charge in [0, 0.05) is 0 Å². The molecule has 0 aliphatic heterocycles. The molecule has 0 bridgehead atoms. The molecule has 0 N–H and O–H groups in total. The molecular weight excluding hydrogens is 522 g/mol. The van der Waals surface area contributed by atoms with Gasteiger partial charge in [0.25, 0.3) is 0 Å². The number of nitrogens with zero attached hydrogens (tertiary/aromatic N) is 1. The molecule has 3 unspecified atom stereocenters. The summed E-state index contributed by atoms with van der Waals surface area (Å²) < 4.78 is 11.9.